The molecule has 3 aromatic rings. The van der Waals surface area contributed by atoms with Gasteiger partial charge in [0.1, 0.15) is 5.75 Å². The molecular weight excluding hydrogens is 288 g/mol. The summed E-state index contributed by atoms with van der Waals surface area (Å²) in [5, 5.41) is 0. The Morgan fingerprint density at radius 3 is 1.78 bits per heavy atom. The number of carbonyl (C=O) groups is 2. The van der Waals surface area contributed by atoms with Gasteiger partial charge in [-0.25, -0.2) is 4.79 Å². The number of benzene rings is 3. The number of hydrogen-bond donors (Lipinski definition) is 0. The van der Waals surface area contributed by atoms with E-state index >= 15 is 0 Å². The van der Waals surface area contributed by atoms with Crippen molar-refractivity contribution < 1.29 is 14.3 Å². The summed E-state index contributed by atoms with van der Waals surface area (Å²) in [7, 11) is 0. The Hall–Kier alpha value is -3.20. The standard InChI is InChI=1S/C20H14O3/c21-19(15-9-3-1-4-10-15)17-13-7-8-14-18(17)23-20(22)16-11-5-2-6-12-16/h1-14H. The Kier molecular flexibility index (Phi) is 4.29. The molecule has 3 nitrogen and oxygen atoms in total. The molecule has 3 heteroatoms. The Balaban J connectivity index is 1.90. The van der Waals surface area contributed by atoms with E-state index < -0.39 is 5.97 Å². The maximum Gasteiger partial charge on any atom is 0.343 e. The molecule has 0 saturated heterocycles. The molecule has 0 aliphatic carbocycles. The number of ether oxygens (including phenoxy) is 1. The van der Waals surface area contributed by atoms with E-state index in [9.17, 15) is 9.59 Å². The third-order valence-corrected chi connectivity index (χ3v) is 3.38. The van der Waals surface area contributed by atoms with Crippen LogP contribution in [0.25, 0.3) is 0 Å². The third-order valence-electron chi connectivity index (χ3n) is 3.38. The summed E-state index contributed by atoms with van der Waals surface area (Å²) < 4.78 is 5.41. The largest absolute Gasteiger partial charge is 0.422 e. The van der Waals surface area contributed by atoms with Gasteiger partial charge < -0.3 is 4.74 Å². The number of ketones is 1. The monoisotopic (exact) mass is 302 g/mol. The average molecular weight is 302 g/mol. The van der Waals surface area contributed by atoms with E-state index in [1.54, 1.807) is 72.8 Å². The van der Waals surface area contributed by atoms with Gasteiger partial charge in [0, 0.05) is 5.56 Å². The molecule has 0 saturated carbocycles. The molecule has 0 atom stereocenters. The second-order valence-corrected chi connectivity index (χ2v) is 4.95. The number of para-hydroxylation sites is 1. The lowest BCUT2D eigenvalue weighted by Gasteiger charge is -2.09. The zero-order chi connectivity index (χ0) is 16.1. The van der Waals surface area contributed by atoms with E-state index in [0.717, 1.165) is 0 Å². The van der Waals surface area contributed by atoms with Crippen LogP contribution in [0, 0.1) is 0 Å². The van der Waals surface area contributed by atoms with Crippen molar-refractivity contribution in [3.8, 4) is 5.75 Å². The van der Waals surface area contributed by atoms with Crippen molar-refractivity contribution in [2.75, 3.05) is 0 Å². The summed E-state index contributed by atoms with van der Waals surface area (Å²) >= 11 is 0. The number of rotatable bonds is 4. The van der Waals surface area contributed by atoms with Crippen LogP contribution < -0.4 is 4.74 Å². The molecule has 0 heterocycles. The molecule has 3 rings (SSSR count). The molecule has 0 fully saturated rings. The summed E-state index contributed by atoms with van der Waals surface area (Å²) in [5.74, 6) is -0.406. The maximum atomic E-state index is 12.6. The van der Waals surface area contributed by atoms with E-state index in [-0.39, 0.29) is 11.5 Å². The Morgan fingerprint density at radius 2 is 1.13 bits per heavy atom. The van der Waals surface area contributed by atoms with Crippen molar-refractivity contribution in [3.63, 3.8) is 0 Å². The minimum absolute atomic E-state index is 0.179. The van der Waals surface area contributed by atoms with Crippen molar-refractivity contribution in [1.82, 2.24) is 0 Å². The van der Waals surface area contributed by atoms with Gasteiger partial charge in [-0.2, -0.15) is 0 Å². The molecule has 0 aliphatic rings. The fraction of sp³-hybridized carbons (Fsp3) is 0. The highest BCUT2D eigenvalue weighted by Crippen LogP contribution is 2.22. The van der Waals surface area contributed by atoms with E-state index in [0.29, 0.717) is 16.7 Å². The van der Waals surface area contributed by atoms with Gasteiger partial charge in [0.05, 0.1) is 11.1 Å². The molecule has 0 radical (unpaired) electrons. The molecule has 0 bridgehead atoms. The number of hydrogen-bond acceptors (Lipinski definition) is 3. The van der Waals surface area contributed by atoms with Crippen LogP contribution in [0.1, 0.15) is 26.3 Å². The van der Waals surface area contributed by atoms with Gasteiger partial charge in [-0.15, -0.1) is 0 Å². The van der Waals surface area contributed by atoms with Crippen molar-refractivity contribution >= 4 is 11.8 Å². The lowest BCUT2D eigenvalue weighted by atomic mass is 10.0. The predicted octanol–water partition coefficient (Wildman–Crippen LogP) is 4.14. The fourth-order valence-corrected chi connectivity index (χ4v) is 2.22. The zero-order valence-corrected chi connectivity index (χ0v) is 12.3. The van der Waals surface area contributed by atoms with Crippen molar-refractivity contribution in [2.45, 2.75) is 0 Å². The van der Waals surface area contributed by atoms with Crippen molar-refractivity contribution in [2.24, 2.45) is 0 Å². The van der Waals surface area contributed by atoms with Crippen LogP contribution in [0.2, 0.25) is 0 Å². The quantitative estimate of drug-likeness (QED) is 0.413. The summed E-state index contributed by atoms with van der Waals surface area (Å²) in [4.78, 5) is 24.8. The van der Waals surface area contributed by atoms with Gasteiger partial charge in [-0.1, -0.05) is 60.7 Å². The first-order valence-electron chi connectivity index (χ1n) is 7.22. The lowest BCUT2D eigenvalue weighted by Crippen LogP contribution is -2.12. The highest BCUT2D eigenvalue weighted by molar-refractivity contribution is 6.11. The van der Waals surface area contributed by atoms with Gasteiger partial charge in [0.25, 0.3) is 0 Å². The van der Waals surface area contributed by atoms with Gasteiger partial charge in [-0.3, -0.25) is 4.79 Å². The normalized spacial score (nSPS) is 10.1. The zero-order valence-electron chi connectivity index (χ0n) is 12.3. The lowest BCUT2D eigenvalue weighted by molar-refractivity contribution is 0.0733. The van der Waals surface area contributed by atoms with Crippen LogP contribution in [0.15, 0.2) is 84.9 Å². The topological polar surface area (TPSA) is 43.4 Å². The van der Waals surface area contributed by atoms with Gasteiger partial charge >= 0.3 is 5.97 Å². The molecule has 0 N–H and O–H groups in total. The van der Waals surface area contributed by atoms with Gasteiger partial charge in [-0.05, 0) is 24.3 Å². The summed E-state index contributed by atoms with van der Waals surface area (Å²) in [6.45, 7) is 0. The Bertz CT molecular complexity index is 824. The molecule has 0 aliphatic heterocycles. The SMILES string of the molecule is O=C(Oc1ccccc1C(=O)c1ccccc1)c1ccccc1. The third kappa shape index (κ3) is 3.35. The first-order chi connectivity index (χ1) is 11.3. The first kappa shape index (κ1) is 14.7. The number of carbonyl (C=O) groups excluding carboxylic acids is 2. The number of esters is 1. The Morgan fingerprint density at radius 1 is 0.609 bits per heavy atom. The summed E-state index contributed by atoms with van der Waals surface area (Å²) in [6.07, 6.45) is 0. The molecule has 0 unspecified atom stereocenters. The van der Waals surface area contributed by atoms with E-state index in [1.165, 1.54) is 0 Å². The molecular formula is C20H14O3. The first-order valence-corrected chi connectivity index (χ1v) is 7.22. The van der Waals surface area contributed by atoms with Crippen LogP contribution in [0.4, 0.5) is 0 Å². The van der Waals surface area contributed by atoms with Gasteiger partial charge in [0.15, 0.2) is 5.78 Å². The molecule has 23 heavy (non-hydrogen) atoms. The van der Waals surface area contributed by atoms with Crippen LogP contribution >= 0.6 is 0 Å². The molecule has 0 aromatic heterocycles. The van der Waals surface area contributed by atoms with Gasteiger partial charge in [0.2, 0.25) is 0 Å². The van der Waals surface area contributed by atoms with Crippen molar-refractivity contribution in [1.29, 1.82) is 0 Å². The molecule has 3 aromatic carbocycles. The van der Waals surface area contributed by atoms with Crippen LogP contribution in [0.3, 0.4) is 0 Å². The van der Waals surface area contributed by atoms with Crippen LogP contribution in [-0.4, -0.2) is 11.8 Å². The van der Waals surface area contributed by atoms with Crippen molar-refractivity contribution in [3.05, 3.63) is 102 Å². The molecule has 112 valence electrons. The summed E-state index contributed by atoms with van der Waals surface area (Å²) in [5.41, 5.74) is 1.35. The smallest absolute Gasteiger partial charge is 0.343 e. The van der Waals surface area contributed by atoms with Crippen LogP contribution in [-0.2, 0) is 0 Å². The van der Waals surface area contributed by atoms with E-state index in [4.69, 9.17) is 4.74 Å². The average Bonchev–Trinajstić information content (AvgIpc) is 2.63. The minimum atomic E-state index is -0.487. The second-order valence-electron chi connectivity index (χ2n) is 4.95. The highest BCUT2D eigenvalue weighted by atomic mass is 16.5. The van der Waals surface area contributed by atoms with Crippen LogP contribution in [0.5, 0.6) is 5.75 Å². The Labute approximate surface area is 134 Å². The van der Waals surface area contributed by atoms with E-state index in [1.807, 2.05) is 12.1 Å². The highest BCUT2D eigenvalue weighted by Gasteiger charge is 2.17. The summed E-state index contributed by atoms with van der Waals surface area (Å²) in [6, 6.07) is 24.4. The predicted molar refractivity (Wildman–Crippen MR) is 87.7 cm³/mol. The molecule has 0 spiro atoms. The molecule has 0 amide bonds. The second kappa shape index (κ2) is 6.71. The minimum Gasteiger partial charge on any atom is -0.422 e. The van der Waals surface area contributed by atoms with E-state index in [2.05, 4.69) is 0 Å². The maximum absolute atomic E-state index is 12.6. The fourth-order valence-electron chi connectivity index (χ4n) is 2.22.